The first-order valence-electron chi connectivity index (χ1n) is 10.2. The van der Waals surface area contributed by atoms with E-state index in [0.717, 1.165) is 41.3 Å². The van der Waals surface area contributed by atoms with E-state index in [1.807, 2.05) is 49.1 Å². The molecule has 1 atom stereocenters. The second-order valence-electron chi connectivity index (χ2n) is 8.03. The number of hydrogen-bond donors (Lipinski definition) is 3. The van der Waals surface area contributed by atoms with Crippen LogP contribution in [0.15, 0.2) is 36.4 Å². The van der Waals surface area contributed by atoms with E-state index in [9.17, 15) is 9.90 Å². The maximum Gasteiger partial charge on any atom is 0.317 e. The van der Waals surface area contributed by atoms with Crippen molar-refractivity contribution in [3.8, 4) is 17.0 Å². The molecule has 1 aromatic heterocycles. The number of piperidine rings is 1. The molecule has 0 radical (unpaired) electrons. The van der Waals surface area contributed by atoms with Crippen LogP contribution >= 0.6 is 0 Å². The molecule has 4 rings (SSSR count). The summed E-state index contributed by atoms with van der Waals surface area (Å²) in [7, 11) is 0. The van der Waals surface area contributed by atoms with Crippen LogP contribution in [0, 0.1) is 13.8 Å². The van der Waals surface area contributed by atoms with Gasteiger partial charge in [-0.15, -0.1) is 10.2 Å². The maximum atomic E-state index is 11.1. The first-order valence-corrected chi connectivity index (χ1v) is 10.2. The number of carboxylic acid groups (broad SMARTS) is 1. The Balaban J connectivity index is 1.69. The molecule has 1 unspecified atom stereocenters. The average Bonchev–Trinajstić information content (AvgIpc) is 2.68. The summed E-state index contributed by atoms with van der Waals surface area (Å²) >= 11 is 0. The summed E-state index contributed by atoms with van der Waals surface area (Å²) in [5.41, 5.74) is 3.29. The number of benzene rings is 2. The standard InChI is InChI=1S/C23H26N4O3/c1-14-10-15(2)21(19(28)11-14)22-17-7-3-4-8-18(17)23(26-25-22)24-16-6-5-9-27(12-16)13-20(29)30/h3-4,7-8,10-11,16,28H,5-6,9,12-13H2,1-2H3,(H,24,26)(H,29,30). The summed E-state index contributed by atoms with van der Waals surface area (Å²) < 4.78 is 0. The number of phenols is 1. The largest absolute Gasteiger partial charge is 0.507 e. The Labute approximate surface area is 175 Å². The molecule has 3 N–H and O–H groups in total. The minimum absolute atomic E-state index is 0.0511. The molecule has 1 aliphatic rings. The zero-order valence-electron chi connectivity index (χ0n) is 17.2. The average molecular weight is 406 g/mol. The van der Waals surface area contributed by atoms with Crippen molar-refractivity contribution in [3.63, 3.8) is 0 Å². The number of likely N-dealkylation sites (tertiary alicyclic amines) is 1. The molecule has 0 bridgehead atoms. The van der Waals surface area contributed by atoms with Gasteiger partial charge in [0.2, 0.25) is 0 Å². The molecule has 0 spiro atoms. The normalized spacial score (nSPS) is 17.2. The lowest BCUT2D eigenvalue weighted by molar-refractivity contribution is -0.138. The summed E-state index contributed by atoms with van der Waals surface area (Å²) in [6, 6.07) is 11.8. The molecule has 3 aromatic rings. The zero-order chi connectivity index (χ0) is 21.3. The third kappa shape index (κ3) is 4.07. The SMILES string of the molecule is Cc1cc(C)c(-c2nnc(NC3CCCN(CC(=O)O)C3)c3ccccc23)c(O)c1. The van der Waals surface area contributed by atoms with E-state index in [2.05, 4.69) is 15.5 Å². The van der Waals surface area contributed by atoms with Crippen LogP contribution < -0.4 is 5.32 Å². The van der Waals surface area contributed by atoms with Crippen LogP contribution in [0.3, 0.4) is 0 Å². The van der Waals surface area contributed by atoms with Crippen molar-refractivity contribution in [1.29, 1.82) is 0 Å². The molecule has 0 saturated carbocycles. The lowest BCUT2D eigenvalue weighted by Gasteiger charge is -2.32. The second-order valence-corrected chi connectivity index (χ2v) is 8.03. The number of aliphatic carboxylic acids is 1. The van der Waals surface area contributed by atoms with E-state index in [1.165, 1.54) is 0 Å². The highest BCUT2D eigenvalue weighted by atomic mass is 16.4. The quantitative estimate of drug-likeness (QED) is 0.596. The third-order valence-electron chi connectivity index (χ3n) is 5.59. The van der Waals surface area contributed by atoms with Gasteiger partial charge in [-0.05, 0) is 50.4 Å². The van der Waals surface area contributed by atoms with Gasteiger partial charge in [-0.25, -0.2) is 0 Å². The van der Waals surface area contributed by atoms with Crippen molar-refractivity contribution in [2.45, 2.75) is 32.7 Å². The maximum absolute atomic E-state index is 11.1. The highest BCUT2D eigenvalue weighted by Crippen LogP contribution is 2.37. The van der Waals surface area contributed by atoms with Crippen LogP contribution in [0.2, 0.25) is 0 Å². The lowest BCUT2D eigenvalue weighted by atomic mass is 9.97. The van der Waals surface area contributed by atoms with Gasteiger partial charge >= 0.3 is 5.97 Å². The van der Waals surface area contributed by atoms with Crippen LogP contribution in [-0.4, -0.2) is 57.0 Å². The van der Waals surface area contributed by atoms with Crippen molar-refractivity contribution in [3.05, 3.63) is 47.5 Å². The molecule has 0 amide bonds. The number of carbonyl (C=O) groups is 1. The zero-order valence-corrected chi connectivity index (χ0v) is 17.2. The number of aryl methyl sites for hydroxylation is 2. The number of aromatic hydroxyl groups is 1. The Bertz CT molecular complexity index is 1080. The number of phenolic OH excluding ortho intramolecular Hbond substituents is 1. The van der Waals surface area contributed by atoms with Gasteiger partial charge in [-0.1, -0.05) is 30.3 Å². The van der Waals surface area contributed by atoms with E-state index in [4.69, 9.17) is 5.11 Å². The fourth-order valence-electron chi connectivity index (χ4n) is 4.35. The van der Waals surface area contributed by atoms with Gasteiger partial charge in [0.15, 0.2) is 5.82 Å². The predicted molar refractivity (Wildman–Crippen MR) is 117 cm³/mol. The number of rotatable bonds is 5. The molecule has 2 heterocycles. The number of fused-ring (bicyclic) bond motifs is 1. The van der Waals surface area contributed by atoms with Crippen LogP contribution in [0.5, 0.6) is 5.75 Å². The van der Waals surface area contributed by atoms with Gasteiger partial charge in [-0.3, -0.25) is 9.69 Å². The number of nitrogens with zero attached hydrogens (tertiary/aromatic N) is 3. The summed E-state index contributed by atoms with van der Waals surface area (Å²) in [5.74, 6) is 0.0727. The number of nitrogens with one attached hydrogen (secondary N) is 1. The molecule has 0 aliphatic carbocycles. The van der Waals surface area contributed by atoms with E-state index < -0.39 is 5.97 Å². The van der Waals surface area contributed by atoms with Crippen LogP contribution in [0.1, 0.15) is 24.0 Å². The van der Waals surface area contributed by atoms with Crippen LogP contribution in [0.25, 0.3) is 22.0 Å². The van der Waals surface area contributed by atoms with Crippen molar-refractivity contribution < 1.29 is 15.0 Å². The molecule has 2 aromatic carbocycles. The number of aromatic nitrogens is 2. The van der Waals surface area contributed by atoms with Crippen molar-refractivity contribution in [1.82, 2.24) is 15.1 Å². The fraction of sp³-hybridized carbons (Fsp3) is 0.348. The van der Waals surface area contributed by atoms with Crippen LogP contribution in [0.4, 0.5) is 5.82 Å². The molecule has 30 heavy (non-hydrogen) atoms. The summed E-state index contributed by atoms with van der Waals surface area (Å²) in [6.45, 7) is 5.41. The Morgan fingerprint density at radius 1 is 1.20 bits per heavy atom. The Kier molecular flexibility index (Phi) is 5.55. The Morgan fingerprint density at radius 3 is 2.70 bits per heavy atom. The minimum Gasteiger partial charge on any atom is -0.507 e. The van der Waals surface area contributed by atoms with Gasteiger partial charge in [-0.2, -0.15) is 0 Å². The molecular formula is C23H26N4O3. The van der Waals surface area contributed by atoms with Crippen LogP contribution in [-0.2, 0) is 4.79 Å². The van der Waals surface area contributed by atoms with E-state index in [1.54, 1.807) is 6.07 Å². The van der Waals surface area contributed by atoms with Gasteiger partial charge in [0, 0.05) is 28.9 Å². The number of hydrogen-bond acceptors (Lipinski definition) is 6. The fourth-order valence-corrected chi connectivity index (χ4v) is 4.35. The van der Waals surface area contributed by atoms with Crippen molar-refractivity contribution in [2.75, 3.05) is 25.0 Å². The first-order chi connectivity index (χ1) is 14.4. The minimum atomic E-state index is -0.807. The van der Waals surface area contributed by atoms with Gasteiger partial charge in [0.1, 0.15) is 11.4 Å². The lowest BCUT2D eigenvalue weighted by Crippen LogP contribution is -2.44. The summed E-state index contributed by atoms with van der Waals surface area (Å²) in [6.07, 6.45) is 1.89. The van der Waals surface area contributed by atoms with E-state index in [-0.39, 0.29) is 18.3 Å². The topological polar surface area (TPSA) is 98.6 Å². The highest BCUT2D eigenvalue weighted by Gasteiger charge is 2.23. The summed E-state index contributed by atoms with van der Waals surface area (Å²) in [4.78, 5) is 13.0. The van der Waals surface area contributed by atoms with Gasteiger partial charge in [0.05, 0.1) is 6.54 Å². The molecular weight excluding hydrogens is 380 g/mol. The second kappa shape index (κ2) is 8.28. The monoisotopic (exact) mass is 406 g/mol. The van der Waals surface area contributed by atoms with Gasteiger partial charge < -0.3 is 15.5 Å². The molecule has 1 fully saturated rings. The third-order valence-corrected chi connectivity index (χ3v) is 5.59. The summed E-state index contributed by atoms with van der Waals surface area (Å²) in [5, 5.41) is 33.9. The number of carboxylic acids is 1. The van der Waals surface area contributed by atoms with Gasteiger partial charge in [0.25, 0.3) is 0 Å². The Morgan fingerprint density at radius 2 is 1.97 bits per heavy atom. The number of anilines is 1. The predicted octanol–water partition coefficient (Wildman–Crippen LogP) is 3.58. The molecule has 7 nitrogen and oxygen atoms in total. The molecule has 1 aliphatic heterocycles. The molecule has 156 valence electrons. The molecule has 7 heteroatoms. The van der Waals surface area contributed by atoms with E-state index in [0.29, 0.717) is 23.6 Å². The molecule has 1 saturated heterocycles. The Hall–Kier alpha value is -3.19. The first kappa shape index (κ1) is 20.1. The van der Waals surface area contributed by atoms with Crippen molar-refractivity contribution in [2.24, 2.45) is 0 Å². The van der Waals surface area contributed by atoms with Crippen molar-refractivity contribution >= 4 is 22.6 Å². The highest BCUT2D eigenvalue weighted by molar-refractivity contribution is 6.01. The van der Waals surface area contributed by atoms with E-state index >= 15 is 0 Å². The smallest absolute Gasteiger partial charge is 0.317 e.